The van der Waals surface area contributed by atoms with Gasteiger partial charge in [0.2, 0.25) is 0 Å². The molecule has 5 nitrogen and oxygen atoms in total. The number of rotatable bonds is 5. The fourth-order valence-corrected chi connectivity index (χ4v) is 1.76. The number of benzene rings is 1. The fourth-order valence-electron chi connectivity index (χ4n) is 1.76. The number of para-hydroxylation sites is 2. The third-order valence-corrected chi connectivity index (χ3v) is 3.07. The molecule has 1 aliphatic rings. The second-order valence-corrected chi connectivity index (χ2v) is 4.69. The average molecular weight is 257 g/mol. The molecule has 19 heavy (non-hydrogen) atoms. The van der Waals surface area contributed by atoms with E-state index in [2.05, 4.69) is 15.5 Å². The minimum atomic E-state index is -0.198. The van der Waals surface area contributed by atoms with Crippen LogP contribution in [0.1, 0.15) is 23.2 Å². The highest BCUT2D eigenvalue weighted by molar-refractivity contribution is 6.04. The highest BCUT2D eigenvalue weighted by atomic mass is 16.5. The Morgan fingerprint density at radius 1 is 1.42 bits per heavy atom. The van der Waals surface area contributed by atoms with Crippen LogP contribution in [0.5, 0.6) is 5.75 Å². The van der Waals surface area contributed by atoms with E-state index in [1.807, 2.05) is 24.3 Å². The Kier molecular flexibility index (Phi) is 3.18. The van der Waals surface area contributed by atoms with Crippen molar-refractivity contribution < 1.29 is 9.53 Å². The van der Waals surface area contributed by atoms with Gasteiger partial charge in [-0.05, 0) is 30.9 Å². The number of carbonyl (C=O) groups is 1. The predicted octanol–water partition coefficient (Wildman–Crippen LogP) is 2.45. The van der Waals surface area contributed by atoms with E-state index >= 15 is 0 Å². The van der Waals surface area contributed by atoms with Gasteiger partial charge in [-0.15, -0.1) is 0 Å². The number of aromatic amines is 1. The first-order chi connectivity index (χ1) is 9.33. The summed E-state index contributed by atoms with van der Waals surface area (Å²) in [5.41, 5.74) is 1.19. The second kappa shape index (κ2) is 5.14. The molecule has 1 fully saturated rings. The van der Waals surface area contributed by atoms with Gasteiger partial charge in [0.15, 0.2) is 0 Å². The Hall–Kier alpha value is -2.30. The van der Waals surface area contributed by atoms with Crippen molar-refractivity contribution in [2.24, 2.45) is 5.92 Å². The van der Waals surface area contributed by atoms with Crippen molar-refractivity contribution in [2.45, 2.75) is 12.8 Å². The molecule has 1 heterocycles. The molecule has 0 saturated heterocycles. The molecule has 1 aromatic carbocycles. The highest BCUT2D eigenvalue weighted by Crippen LogP contribution is 2.31. The predicted molar refractivity (Wildman–Crippen MR) is 71.2 cm³/mol. The van der Waals surface area contributed by atoms with Crippen LogP contribution in [0.4, 0.5) is 5.69 Å². The van der Waals surface area contributed by atoms with E-state index in [0.717, 1.165) is 6.61 Å². The number of nitrogens with one attached hydrogen (secondary N) is 2. The van der Waals surface area contributed by atoms with Crippen molar-refractivity contribution in [1.29, 1.82) is 0 Å². The van der Waals surface area contributed by atoms with Crippen molar-refractivity contribution in [3.05, 3.63) is 42.2 Å². The highest BCUT2D eigenvalue weighted by Gasteiger charge is 2.22. The van der Waals surface area contributed by atoms with E-state index in [1.165, 1.54) is 19.0 Å². The lowest BCUT2D eigenvalue weighted by Gasteiger charge is -2.11. The number of carbonyl (C=O) groups excluding carboxylic acids is 1. The summed E-state index contributed by atoms with van der Waals surface area (Å²) in [7, 11) is 0. The molecule has 2 N–H and O–H groups in total. The maximum Gasteiger partial charge on any atom is 0.258 e. The van der Waals surface area contributed by atoms with Crippen LogP contribution in [0.25, 0.3) is 0 Å². The lowest BCUT2D eigenvalue weighted by atomic mass is 10.2. The maximum atomic E-state index is 12.0. The Labute approximate surface area is 111 Å². The van der Waals surface area contributed by atoms with Gasteiger partial charge < -0.3 is 10.1 Å². The van der Waals surface area contributed by atoms with E-state index in [-0.39, 0.29) is 5.91 Å². The van der Waals surface area contributed by atoms with Crippen molar-refractivity contribution in [3.63, 3.8) is 0 Å². The summed E-state index contributed by atoms with van der Waals surface area (Å²) >= 11 is 0. The molecule has 0 radical (unpaired) electrons. The van der Waals surface area contributed by atoms with Gasteiger partial charge in [-0.1, -0.05) is 12.1 Å². The Bertz CT molecular complexity index is 562. The van der Waals surface area contributed by atoms with Gasteiger partial charge in [-0.3, -0.25) is 9.89 Å². The standard InChI is InChI=1S/C14H15N3O2/c18-14(11-7-15-16-8-11)17-12-3-1-2-4-13(12)19-9-10-5-6-10/h1-4,7-8,10H,5-6,9H2,(H,15,16)(H,17,18). The molecule has 0 bridgehead atoms. The molecule has 1 aliphatic carbocycles. The molecule has 0 aliphatic heterocycles. The zero-order valence-electron chi connectivity index (χ0n) is 10.4. The summed E-state index contributed by atoms with van der Waals surface area (Å²) in [6.45, 7) is 0.721. The number of hydrogen-bond acceptors (Lipinski definition) is 3. The molecule has 0 unspecified atom stereocenters. The smallest absolute Gasteiger partial charge is 0.258 e. The van der Waals surface area contributed by atoms with Crippen LogP contribution < -0.4 is 10.1 Å². The van der Waals surface area contributed by atoms with Crippen LogP contribution in [-0.4, -0.2) is 22.7 Å². The Morgan fingerprint density at radius 2 is 2.26 bits per heavy atom. The summed E-state index contributed by atoms with van der Waals surface area (Å²) in [5.74, 6) is 1.19. The average Bonchev–Trinajstić information content (AvgIpc) is 3.09. The van der Waals surface area contributed by atoms with Crippen LogP contribution in [0, 0.1) is 5.92 Å². The molecule has 0 atom stereocenters. The molecule has 3 rings (SSSR count). The van der Waals surface area contributed by atoms with Gasteiger partial charge in [-0.25, -0.2) is 0 Å². The number of hydrogen-bond donors (Lipinski definition) is 2. The third-order valence-electron chi connectivity index (χ3n) is 3.07. The first-order valence-corrected chi connectivity index (χ1v) is 6.35. The summed E-state index contributed by atoms with van der Waals surface area (Å²) in [5, 5.41) is 9.21. The normalized spacial score (nSPS) is 14.1. The molecule has 5 heteroatoms. The van der Waals surface area contributed by atoms with Crippen LogP contribution >= 0.6 is 0 Å². The molecular formula is C14H15N3O2. The van der Waals surface area contributed by atoms with Crippen molar-refractivity contribution in [2.75, 3.05) is 11.9 Å². The van der Waals surface area contributed by atoms with Gasteiger partial charge in [0, 0.05) is 6.20 Å². The summed E-state index contributed by atoms with van der Waals surface area (Å²) in [6.07, 6.45) is 5.53. The van der Waals surface area contributed by atoms with Gasteiger partial charge in [0.25, 0.3) is 5.91 Å². The van der Waals surface area contributed by atoms with Crippen LogP contribution in [0.3, 0.4) is 0 Å². The molecule has 1 saturated carbocycles. The molecule has 98 valence electrons. The van der Waals surface area contributed by atoms with E-state index in [1.54, 1.807) is 6.20 Å². The van der Waals surface area contributed by atoms with Gasteiger partial charge in [-0.2, -0.15) is 5.10 Å². The quantitative estimate of drug-likeness (QED) is 0.864. The first kappa shape index (κ1) is 11.8. The fraction of sp³-hybridized carbons (Fsp3) is 0.286. The van der Waals surface area contributed by atoms with E-state index < -0.39 is 0 Å². The van der Waals surface area contributed by atoms with Crippen molar-refractivity contribution in [3.8, 4) is 5.75 Å². The zero-order valence-corrected chi connectivity index (χ0v) is 10.4. The number of anilines is 1. The number of ether oxygens (including phenoxy) is 1. The number of nitrogens with zero attached hydrogens (tertiary/aromatic N) is 1. The van der Waals surface area contributed by atoms with E-state index in [4.69, 9.17) is 4.74 Å². The van der Waals surface area contributed by atoms with Crippen molar-refractivity contribution in [1.82, 2.24) is 10.2 Å². The van der Waals surface area contributed by atoms with Gasteiger partial charge in [0.05, 0.1) is 24.1 Å². The molecule has 1 aromatic heterocycles. The lowest BCUT2D eigenvalue weighted by Crippen LogP contribution is -2.12. The second-order valence-electron chi connectivity index (χ2n) is 4.69. The van der Waals surface area contributed by atoms with Crippen LogP contribution in [0.15, 0.2) is 36.7 Å². The van der Waals surface area contributed by atoms with E-state index in [0.29, 0.717) is 22.9 Å². The summed E-state index contributed by atoms with van der Waals surface area (Å²) in [6, 6.07) is 7.47. The number of amides is 1. The topological polar surface area (TPSA) is 67.0 Å². The molecule has 2 aromatic rings. The van der Waals surface area contributed by atoms with Crippen LogP contribution in [0.2, 0.25) is 0 Å². The molecular weight excluding hydrogens is 242 g/mol. The minimum Gasteiger partial charge on any atom is -0.491 e. The minimum absolute atomic E-state index is 0.198. The molecule has 1 amide bonds. The lowest BCUT2D eigenvalue weighted by molar-refractivity contribution is 0.102. The Morgan fingerprint density at radius 3 is 3.00 bits per heavy atom. The molecule has 0 spiro atoms. The Balaban J connectivity index is 1.70. The van der Waals surface area contributed by atoms with Gasteiger partial charge in [0.1, 0.15) is 5.75 Å². The number of aromatic nitrogens is 2. The van der Waals surface area contributed by atoms with Crippen molar-refractivity contribution >= 4 is 11.6 Å². The maximum absolute atomic E-state index is 12.0. The third kappa shape index (κ3) is 2.93. The monoisotopic (exact) mass is 257 g/mol. The first-order valence-electron chi connectivity index (χ1n) is 6.35. The number of H-pyrrole nitrogens is 1. The van der Waals surface area contributed by atoms with Crippen LogP contribution in [-0.2, 0) is 0 Å². The SMILES string of the molecule is O=C(Nc1ccccc1OCC1CC1)c1cn[nH]c1. The summed E-state index contributed by atoms with van der Waals surface area (Å²) < 4.78 is 5.74. The zero-order chi connectivity index (χ0) is 13.1. The summed E-state index contributed by atoms with van der Waals surface area (Å²) in [4.78, 5) is 12.0. The van der Waals surface area contributed by atoms with Gasteiger partial charge >= 0.3 is 0 Å². The largest absolute Gasteiger partial charge is 0.491 e. The van der Waals surface area contributed by atoms with E-state index in [9.17, 15) is 4.79 Å².